The molecule has 1 amide bonds. The molecule has 4 rings (SSSR count). The highest BCUT2D eigenvalue weighted by atomic mass is 16.1. The summed E-state index contributed by atoms with van der Waals surface area (Å²) in [4.78, 5) is 20.7. The average Bonchev–Trinajstić information content (AvgIpc) is 3.41. The molecule has 134 valence electrons. The van der Waals surface area contributed by atoms with Crippen molar-refractivity contribution in [2.24, 2.45) is 0 Å². The van der Waals surface area contributed by atoms with Gasteiger partial charge in [-0.15, -0.1) is 0 Å². The van der Waals surface area contributed by atoms with E-state index in [1.807, 2.05) is 30.3 Å². The molecule has 4 aromatic rings. The van der Waals surface area contributed by atoms with E-state index in [2.05, 4.69) is 25.5 Å². The second-order valence-electron chi connectivity index (χ2n) is 5.90. The highest BCUT2D eigenvalue weighted by molar-refractivity contribution is 5.93. The molecule has 3 aromatic heterocycles. The number of carbonyl (C=O) groups excluding carboxylic acids is 1. The number of carbonyl (C=O) groups is 1. The lowest BCUT2D eigenvalue weighted by atomic mass is 10.1. The Labute approximate surface area is 155 Å². The Bertz CT molecular complexity index is 1010. The second kappa shape index (κ2) is 7.61. The lowest BCUT2D eigenvalue weighted by Crippen LogP contribution is -2.24. The minimum atomic E-state index is -0.176. The number of hydrogen-bond donors (Lipinski definition) is 1. The summed E-state index contributed by atoms with van der Waals surface area (Å²) < 4.78 is 3.39. The summed E-state index contributed by atoms with van der Waals surface area (Å²) in [6.07, 6.45) is 8.20. The molecule has 0 unspecified atom stereocenters. The molecule has 1 N–H and O–H groups in total. The van der Waals surface area contributed by atoms with Gasteiger partial charge in [-0.25, -0.2) is 19.3 Å². The normalized spacial score (nSPS) is 10.7. The zero-order chi connectivity index (χ0) is 18.5. The van der Waals surface area contributed by atoms with E-state index in [4.69, 9.17) is 0 Å². The molecule has 0 fully saturated rings. The summed E-state index contributed by atoms with van der Waals surface area (Å²) >= 11 is 0. The van der Waals surface area contributed by atoms with Crippen LogP contribution in [0.15, 0.2) is 73.7 Å². The summed E-state index contributed by atoms with van der Waals surface area (Å²) in [5.74, 6) is 0.486. The number of amides is 1. The van der Waals surface area contributed by atoms with Crippen molar-refractivity contribution < 1.29 is 4.79 Å². The van der Waals surface area contributed by atoms with Crippen LogP contribution in [0.2, 0.25) is 0 Å². The van der Waals surface area contributed by atoms with Crippen LogP contribution in [0, 0.1) is 0 Å². The van der Waals surface area contributed by atoms with Gasteiger partial charge < -0.3 is 5.32 Å². The molecular formula is C19H17N7O. The van der Waals surface area contributed by atoms with Crippen LogP contribution in [-0.4, -0.2) is 35.4 Å². The van der Waals surface area contributed by atoms with Crippen LogP contribution in [0.1, 0.15) is 21.5 Å². The maximum Gasteiger partial charge on any atom is 0.253 e. The number of nitrogens with zero attached hydrogens (tertiary/aromatic N) is 6. The number of benzene rings is 1. The van der Waals surface area contributed by atoms with Gasteiger partial charge in [0.25, 0.3) is 5.91 Å². The zero-order valence-electron chi connectivity index (χ0n) is 14.4. The van der Waals surface area contributed by atoms with Crippen molar-refractivity contribution in [1.82, 2.24) is 34.8 Å². The molecule has 1 aromatic carbocycles. The van der Waals surface area contributed by atoms with Gasteiger partial charge >= 0.3 is 0 Å². The Morgan fingerprint density at radius 1 is 1.04 bits per heavy atom. The molecule has 0 spiro atoms. The van der Waals surface area contributed by atoms with E-state index in [-0.39, 0.29) is 5.91 Å². The van der Waals surface area contributed by atoms with Gasteiger partial charge in [-0.2, -0.15) is 10.2 Å². The average molecular weight is 359 g/mol. The topological polar surface area (TPSA) is 90.5 Å². The quantitative estimate of drug-likeness (QED) is 0.567. The molecule has 0 saturated carbocycles. The van der Waals surface area contributed by atoms with Crippen molar-refractivity contribution in [3.8, 4) is 5.82 Å². The van der Waals surface area contributed by atoms with Crippen molar-refractivity contribution in [2.75, 3.05) is 0 Å². The fourth-order valence-electron chi connectivity index (χ4n) is 2.71. The van der Waals surface area contributed by atoms with Crippen molar-refractivity contribution in [3.63, 3.8) is 0 Å². The van der Waals surface area contributed by atoms with Crippen LogP contribution in [-0.2, 0) is 13.1 Å². The number of hydrogen-bond acceptors (Lipinski definition) is 5. The van der Waals surface area contributed by atoms with Crippen LogP contribution in [0.3, 0.4) is 0 Å². The Morgan fingerprint density at radius 2 is 1.93 bits per heavy atom. The third-order valence-corrected chi connectivity index (χ3v) is 4.11. The summed E-state index contributed by atoms with van der Waals surface area (Å²) in [5, 5.41) is 11.2. The van der Waals surface area contributed by atoms with E-state index >= 15 is 0 Å². The van der Waals surface area contributed by atoms with Crippen molar-refractivity contribution >= 4 is 5.91 Å². The van der Waals surface area contributed by atoms with Crippen LogP contribution in [0.5, 0.6) is 0 Å². The van der Waals surface area contributed by atoms with Crippen LogP contribution >= 0.6 is 0 Å². The fourth-order valence-corrected chi connectivity index (χ4v) is 2.71. The summed E-state index contributed by atoms with van der Waals surface area (Å²) in [6.45, 7) is 1.02. The van der Waals surface area contributed by atoms with Gasteiger partial charge in [0.2, 0.25) is 0 Å². The van der Waals surface area contributed by atoms with E-state index in [1.165, 1.54) is 6.33 Å². The minimum Gasteiger partial charge on any atom is -0.348 e. The molecule has 0 aliphatic rings. The van der Waals surface area contributed by atoms with Gasteiger partial charge in [0, 0.05) is 25.1 Å². The molecule has 0 bridgehead atoms. The first-order valence-electron chi connectivity index (χ1n) is 8.43. The van der Waals surface area contributed by atoms with Gasteiger partial charge in [0.1, 0.15) is 12.7 Å². The number of rotatable bonds is 6. The van der Waals surface area contributed by atoms with E-state index < -0.39 is 0 Å². The fraction of sp³-hybridized carbons (Fsp3) is 0.105. The zero-order valence-corrected chi connectivity index (χ0v) is 14.4. The molecule has 0 aliphatic heterocycles. The van der Waals surface area contributed by atoms with Gasteiger partial charge in [0.15, 0.2) is 5.82 Å². The second-order valence-corrected chi connectivity index (χ2v) is 5.90. The summed E-state index contributed by atoms with van der Waals surface area (Å²) in [6, 6.07) is 13.2. The van der Waals surface area contributed by atoms with E-state index in [1.54, 1.807) is 46.4 Å². The molecule has 8 nitrogen and oxygen atoms in total. The predicted octanol–water partition coefficient (Wildman–Crippen LogP) is 1.84. The first kappa shape index (κ1) is 16.6. The number of aromatic nitrogens is 6. The van der Waals surface area contributed by atoms with Crippen LogP contribution in [0.4, 0.5) is 0 Å². The van der Waals surface area contributed by atoms with E-state index in [0.717, 1.165) is 11.1 Å². The molecule has 0 saturated heterocycles. The Morgan fingerprint density at radius 3 is 2.63 bits per heavy atom. The Kier molecular flexibility index (Phi) is 4.69. The summed E-state index contributed by atoms with van der Waals surface area (Å²) in [7, 11) is 0. The number of pyridine rings is 1. The lowest BCUT2D eigenvalue weighted by Gasteiger charge is -2.11. The summed E-state index contributed by atoms with van der Waals surface area (Å²) in [5.41, 5.74) is 2.61. The van der Waals surface area contributed by atoms with Crippen molar-refractivity contribution in [2.45, 2.75) is 13.1 Å². The highest BCUT2D eigenvalue weighted by Crippen LogP contribution is 2.11. The first-order valence-corrected chi connectivity index (χ1v) is 8.43. The molecule has 3 heterocycles. The highest BCUT2D eigenvalue weighted by Gasteiger charge is 2.09. The molecule has 0 aliphatic carbocycles. The Balaban J connectivity index is 1.42. The van der Waals surface area contributed by atoms with E-state index in [0.29, 0.717) is 24.5 Å². The molecule has 27 heavy (non-hydrogen) atoms. The van der Waals surface area contributed by atoms with E-state index in [9.17, 15) is 4.79 Å². The third kappa shape index (κ3) is 3.90. The maximum atomic E-state index is 12.4. The Hall–Kier alpha value is -3.81. The molecule has 8 heteroatoms. The minimum absolute atomic E-state index is 0.176. The third-order valence-electron chi connectivity index (χ3n) is 4.11. The predicted molar refractivity (Wildman–Crippen MR) is 98.1 cm³/mol. The van der Waals surface area contributed by atoms with Crippen LogP contribution < -0.4 is 5.32 Å². The first-order chi connectivity index (χ1) is 13.3. The molecule has 0 atom stereocenters. The van der Waals surface area contributed by atoms with Gasteiger partial charge in [-0.05, 0) is 29.3 Å². The lowest BCUT2D eigenvalue weighted by molar-refractivity contribution is 0.0950. The van der Waals surface area contributed by atoms with Crippen LogP contribution in [0.25, 0.3) is 5.82 Å². The van der Waals surface area contributed by atoms with Gasteiger partial charge in [-0.3, -0.25) is 4.79 Å². The maximum absolute atomic E-state index is 12.4. The van der Waals surface area contributed by atoms with Crippen molar-refractivity contribution in [3.05, 3.63) is 90.4 Å². The van der Waals surface area contributed by atoms with Crippen molar-refractivity contribution in [1.29, 1.82) is 0 Å². The number of nitrogens with one attached hydrogen (secondary N) is 1. The smallest absolute Gasteiger partial charge is 0.253 e. The molecule has 0 radical (unpaired) electrons. The van der Waals surface area contributed by atoms with Gasteiger partial charge in [-0.1, -0.05) is 24.3 Å². The van der Waals surface area contributed by atoms with Gasteiger partial charge in [0.05, 0.1) is 12.1 Å². The molecular weight excluding hydrogens is 342 g/mol. The largest absolute Gasteiger partial charge is 0.348 e. The standard InChI is InChI=1S/C19H17N7O/c27-19(16-6-7-18(21-11-16)26-9-3-8-23-26)22-10-15-4-1-2-5-17(15)12-25-14-20-13-24-25/h1-9,11,13-14H,10,12H2,(H,22,27). The SMILES string of the molecule is O=C(NCc1ccccc1Cn1cncn1)c1ccc(-n2cccn2)nc1. The monoisotopic (exact) mass is 359 g/mol.